The van der Waals surface area contributed by atoms with E-state index < -0.39 is 0 Å². The van der Waals surface area contributed by atoms with Gasteiger partial charge in [0, 0.05) is 21.5 Å². The molecule has 0 radical (unpaired) electrons. The number of nitrogens with zero attached hydrogens (tertiary/aromatic N) is 1. The van der Waals surface area contributed by atoms with Gasteiger partial charge in [-0.1, -0.05) is 41.5 Å². The van der Waals surface area contributed by atoms with Gasteiger partial charge in [-0.15, -0.1) is 11.3 Å². The van der Waals surface area contributed by atoms with Crippen molar-refractivity contribution in [1.82, 2.24) is 4.98 Å². The van der Waals surface area contributed by atoms with E-state index in [9.17, 15) is 0 Å². The fourth-order valence-electron chi connectivity index (χ4n) is 1.37. The lowest BCUT2D eigenvalue weighted by Crippen LogP contribution is -2.16. The van der Waals surface area contributed by atoms with Crippen molar-refractivity contribution in [1.29, 1.82) is 0 Å². The predicted molar refractivity (Wildman–Crippen MR) is 72.2 cm³/mol. The second kappa shape index (κ2) is 4.10. The molecule has 1 aromatic rings. The van der Waals surface area contributed by atoms with Crippen LogP contribution in [-0.2, 0) is 16.6 Å². The third-order valence-electron chi connectivity index (χ3n) is 2.19. The molecule has 0 bridgehead atoms. The molecule has 0 amide bonds. The molecule has 3 heteroatoms. The Morgan fingerprint density at radius 3 is 1.87 bits per heavy atom. The van der Waals surface area contributed by atoms with Crippen LogP contribution in [0.1, 0.15) is 57.1 Å². The van der Waals surface area contributed by atoms with Crippen molar-refractivity contribution in [3.63, 3.8) is 0 Å². The molecule has 15 heavy (non-hydrogen) atoms. The van der Waals surface area contributed by atoms with E-state index in [1.54, 1.807) is 11.3 Å². The number of hydrogen-bond acceptors (Lipinski definition) is 3. The van der Waals surface area contributed by atoms with Gasteiger partial charge in [0.25, 0.3) is 0 Å². The summed E-state index contributed by atoms with van der Waals surface area (Å²) < 4.78 is 0. The van der Waals surface area contributed by atoms with Crippen molar-refractivity contribution < 1.29 is 0 Å². The molecule has 0 atom stereocenters. The maximum absolute atomic E-state index is 4.79. The van der Waals surface area contributed by atoms with Crippen molar-refractivity contribution >= 4 is 24.0 Å². The Bertz CT molecular complexity index is 339. The highest BCUT2D eigenvalue weighted by Gasteiger charge is 2.26. The molecule has 0 saturated carbocycles. The van der Waals surface area contributed by atoms with E-state index in [2.05, 4.69) is 54.2 Å². The van der Waals surface area contributed by atoms with Crippen LogP contribution >= 0.6 is 24.0 Å². The van der Waals surface area contributed by atoms with Crippen molar-refractivity contribution in [3.05, 3.63) is 15.6 Å². The number of aromatic nitrogens is 1. The van der Waals surface area contributed by atoms with Gasteiger partial charge in [0.1, 0.15) is 0 Å². The van der Waals surface area contributed by atoms with Crippen LogP contribution in [0.15, 0.2) is 0 Å². The number of thiol groups is 1. The summed E-state index contributed by atoms with van der Waals surface area (Å²) in [7, 11) is 0. The molecular formula is C12H21NS2. The summed E-state index contributed by atoms with van der Waals surface area (Å²) in [6, 6.07) is 0. The van der Waals surface area contributed by atoms with Gasteiger partial charge in [0.2, 0.25) is 0 Å². The Morgan fingerprint density at radius 1 is 1.07 bits per heavy atom. The van der Waals surface area contributed by atoms with Crippen LogP contribution in [0.5, 0.6) is 0 Å². The van der Waals surface area contributed by atoms with Crippen molar-refractivity contribution in [2.24, 2.45) is 0 Å². The van der Waals surface area contributed by atoms with Crippen LogP contribution < -0.4 is 0 Å². The van der Waals surface area contributed by atoms with Gasteiger partial charge in [0.15, 0.2) is 0 Å². The van der Waals surface area contributed by atoms with E-state index in [0.29, 0.717) is 0 Å². The lowest BCUT2D eigenvalue weighted by atomic mass is 9.91. The Hall–Kier alpha value is -0.0200. The monoisotopic (exact) mass is 243 g/mol. The molecule has 1 rings (SSSR count). The molecule has 0 unspecified atom stereocenters. The molecule has 86 valence electrons. The standard InChI is InChI=1S/C12H21NS2/c1-11(2,3)9-8(7-14)15-10(13-9)12(4,5)6/h14H,7H2,1-6H3. The average molecular weight is 243 g/mol. The van der Waals surface area contributed by atoms with E-state index in [4.69, 9.17) is 4.98 Å². The molecular weight excluding hydrogens is 222 g/mol. The lowest BCUT2D eigenvalue weighted by molar-refractivity contribution is 0.544. The second-order valence-electron chi connectivity index (χ2n) is 5.95. The predicted octanol–water partition coefficient (Wildman–Crippen LogP) is 4.17. The third-order valence-corrected chi connectivity index (χ3v) is 4.20. The molecule has 0 spiro atoms. The van der Waals surface area contributed by atoms with Crippen LogP contribution in [0, 0.1) is 0 Å². The third kappa shape index (κ3) is 2.97. The molecule has 1 nitrogen and oxygen atoms in total. The van der Waals surface area contributed by atoms with Crippen molar-refractivity contribution in [2.45, 2.75) is 58.1 Å². The first kappa shape index (κ1) is 13.0. The Kier molecular flexibility index (Phi) is 3.56. The summed E-state index contributed by atoms with van der Waals surface area (Å²) in [4.78, 5) is 6.11. The summed E-state index contributed by atoms with van der Waals surface area (Å²) in [5.41, 5.74) is 1.48. The van der Waals surface area contributed by atoms with Gasteiger partial charge in [0.05, 0.1) is 10.7 Å². The average Bonchev–Trinajstić information content (AvgIpc) is 2.44. The maximum Gasteiger partial charge on any atom is 0.0985 e. The Labute approximate surface area is 103 Å². The van der Waals surface area contributed by atoms with Crippen LogP contribution in [0.25, 0.3) is 0 Å². The molecule has 0 N–H and O–H groups in total. The minimum absolute atomic E-state index is 0.123. The van der Waals surface area contributed by atoms with Crippen LogP contribution in [-0.4, -0.2) is 4.98 Å². The first-order valence-electron chi connectivity index (χ1n) is 5.28. The molecule has 0 saturated heterocycles. The van der Waals surface area contributed by atoms with E-state index in [1.165, 1.54) is 15.6 Å². The van der Waals surface area contributed by atoms with Gasteiger partial charge in [-0.05, 0) is 0 Å². The highest BCUT2D eigenvalue weighted by molar-refractivity contribution is 7.79. The van der Waals surface area contributed by atoms with Gasteiger partial charge in [-0.25, -0.2) is 4.98 Å². The fourth-order valence-corrected chi connectivity index (χ4v) is 2.90. The Balaban J connectivity index is 3.24. The SMILES string of the molecule is CC(C)(C)c1nc(C(C)(C)C)c(CS)s1. The van der Waals surface area contributed by atoms with E-state index in [-0.39, 0.29) is 10.8 Å². The second-order valence-corrected chi connectivity index (χ2v) is 7.35. The number of rotatable bonds is 1. The van der Waals surface area contributed by atoms with Gasteiger partial charge in [-0.3, -0.25) is 0 Å². The largest absolute Gasteiger partial charge is 0.245 e. The molecule has 1 heterocycles. The Morgan fingerprint density at radius 2 is 1.60 bits per heavy atom. The molecule has 1 aromatic heterocycles. The lowest BCUT2D eigenvalue weighted by Gasteiger charge is -2.18. The number of thiazole rings is 1. The topological polar surface area (TPSA) is 12.9 Å². The number of hydrogen-bond donors (Lipinski definition) is 1. The zero-order chi connectivity index (χ0) is 11.9. The summed E-state index contributed by atoms with van der Waals surface area (Å²) in [6.07, 6.45) is 0. The molecule has 0 aliphatic carbocycles. The molecule has 0 aliphatic rings. The summed E-state index contributed by atoms with van der Waals surface area (Å²) in [5.74, 6) is 0.792. The summed E-state index contributed by atoms with van der Waals surface area (Å²) >= 11 is 6.20. The molecule has 0 aliphatic heterocycles. The normalized spacial score (nSPS) is 13.3. The van der Waals surface area contributed by atoms with Crippen LogP contribution in [0.4, 0.5) is 0 Å². The van der Waals surface area contributed by atoms with E-state index in [1.807, 2.05) is 0 Å². The van der Waals surface area contributed by atoms with Crippen molar-refractivity contribution in [2.75, 3.05) is 0 Å². The smallest absolute Gasteiger partial charge is 0.0985 e. The highest BCUT2D eigenvalue weighted by atomic mass is 32.1. The highest BCUT2D eigenvalue weighted by Crippen LogP contribution is 2.35. The fraction of sp³-hybridized carbons (Fsp3) is 0.750. The van der Waals surface area contributed by atoms with Crippen molar-refractivity contribution in [3.8, 4) is 0 Å². The quantitative estimate of drug-likeness (QED) is 0.731. The minimum Gasteiger partial charge on any atom is -0.245 e. The first-order valence-corrected chi connectivity index (χ1v) is 6.72. The molecule has 0 aromatic carbocycles. The summed E-state index contributed by atoms with van der Waals surface area (Å²) in [6.45, 7) is 13.3. The van der Waals surface area contributed by atoms with E-state index in [0.717, 1.165) is 5.75 Å². The zero-order valence-electron chi connectivity index (χ0n) is 10.5. The van der Waals surface area contributed by atoms with Gasteiger partial charge in [-0.2, -0.15) is 12.6 Å². The van der Waals surface area contributed by atoms with Crippen LogP contribution in [0.3, 0.4) is 0 Å². The maximum atomic E-state index is 4.79. The first-order chi connectivity index (χ1) is 6.66. The van der Waals surface area contributed by atoms with Gasteiger partial charge >= 0.3 is 0 Å². The minimum atomic E-state index is 0.123. The van der Waals surface area contributed by atoms with Crippen LogP contribution in [0.2, 0.25) is 0 Å². The summed E-state index contributed by atoms with van der Waals surface area (Å²) in [5, 5.41) is 1.22. The molecule has 0 fully saturated rings. The zero-order valence-corrected chi connectivity index (χ0v) is 12.2. The van der Waals surface area contributed by atoms with E-state index >= 15 is 0 Å². The van der Waals surface area contributed by atoms with Gasteiger partial charge < -0.3 is 0 Å².